The van der Waals surface area contributed by atoms with Crippen LogP contribution in [-0.4, -0.2) is 6.29 Å². The summed E-state index contributed by atoms with van der Waals surface area (Å²) in [5.41, 5.74) is -2.55. The summed E-state index contributed by atoms with van der Waals surface area (Å²) < 4.78 is 64.8. The molecule has 1 aliphatic carbocycles. The summed E-state index contributed by atoms with van der Waals surface area (Å²) in [6.07, 6.45) is 0.412. The highest BCUT2D eigenvalue weighted by molar-refractivity contribution is 5.73. The summed E-state index contributed by atoms with van der Waals surface area (Å²) in [6.45, 7) is 0. The molecule has 0 spiro atoms. The van der Waals surface area contributed by atoms with Crippen LogP contribution in [0.3, 0.4) is 0 Å². The summed E-state index contributed by atoms with van der Waals surface area (Å²) in [7, 11) is 0. The van der Waals surface area contributed by atoms with Crippen molar-refractivity contribution in [1.29, 1.82) is 0 Å². The van der Waals surface area contributed by atoms with Crippen LogP contribution in [0, 0.1) is 29.1 Å². The Morgan fingerprint density at radius 2 is 1.19 bits per heavy atom. The molecule has 1 aromatic carbocycles. The van der Waals surface area contributed by atoms with Gasteiger partial charge in [-0.15, -0.1) is 0 Å². The zero-order valence-electron chi connectivity index (χ0n) is 7.79. The van der Waals surface area contributed by atoms with E-state index in [0.29, 0.717) is 0 Å². The molecule has 1 nitrogen and oxygen atoms in total. The lowest BCUT2D eigenvalue weighted by Gasteiger charge is -2.12. The van der Waals surface area contributed by atoms with Gasteiger partial charge in [-0.05, 0) is 12.8 Å². The lowest BCUT2D eigenvalue weighted by molar-refractivity contribution is -0.110. The number of aldehydes is 1. The molecular weight excluding hydrogens is 231 g/mol. The van der Waals surface area contributed by atoms with Gasteiger partial charge in [-0.3, -0.25) is 0 Å². The molecular formula is C10H5F5O. The van der Waals surface area contributed by atoms with Crippen molar-refractivity contribution in [3.8, 4) is 0 Å². The van der Waals surface area contributed by atoms with E-state index in [9.17, 15) is 26.7 Å². The van der Waals surface area contributed by atoms with Crippen LogP contribution in [0.4, 0.5) is 22.0 Å². The molecule has 1 saturated carbocycles. The van der Waals surface area contributed by atoms with E-state index >= 15 is 0 Å². The topological polar surface area (TPSA) is 17.1 Å². The number of carbonyl (C=O) groups excluding carboxylic acids is 1. The zero-order chi connectivity index (χ0) is 12.1. The van der Waals surface area contributed by atoms with Crippen molar-refractivity contribution >= 4 is 6.29 Å². The van der Waals surface area contributed by atoms with Gasteiger partial charge in [0.2, 0.25) is 5.82 Å². The largest absolute Gasteiger partial charge is 0.302 e. The Morgan fingerprint density at radius 3 is 1.50 bits per heavy atom. The fraction of sp³-hybridized carbons (Fsp3) is 0.300. The van der Waals surface area contributed by atoms with Crippen molar-refractivity contribution in [3.05, 3.63) is 34.6 Å². The standard InChI is InChI=1S/C10H5F5O/c11-5-4(10(3-16)1-2-10)6(12)8(14)9(15)7(5)13/h3H,1-2H2. The van der Waals surface area contributed by atoms with Crippen molar-refractivity contribution in [2.75, 3.05) is 0 Å². The minimum Gasteiger partial charge on any atom is -0.302 e. The fourth-order valence-corrected chi connectivity index (χ4v) is 1.60. The van der Waals surface area contributed by atoms with Gasteiger partial charge in [0.05, 0.1) is 5.41 Å². The first-order valence-corrected chi connectivity index (χ1v) is 4.43. The van der Waals surface area contributed by atoms with E-state index in [-0.39, 0.29) is 19.1 Å². The second kappa shape index (κ2) is 3.26. The summed E-state index contributed by atoms with van der Waals surface area (Å²) in [6, 6.07) is 0. The molecule has 86 valence electrons. The van der Waals surface area contributed by atoms with Gasteiger partial charge >= 0.3 is 0 Å². The summed E-state index contributed by atoms with van der Waals surface area (Å²) >= 11 is 0. The Labute approximate surface area is 86.9 Å². The molecule has 2 rings (SSSR count). The van der Waals surface area contributed by atoms with Gasteiger partial charge in [-0.2, -0.15) is 0 Å². The van der Waals surface area contributed by atoms with Crippen LogP contribution in [0.2, 0.25) is 0 Å². The van der Waals surface area contributed by atoms with Crippen LogP contribution < -0.4 is 0 Å². The number of hydrogen-bond acceptors (Lipinski definition) is 1. The normalized spacial score (nSPS) is 17.3. The number of rotatable bonds is 2. The molecule has 0 bridgehead atoms. The lowest BCUT2D eigenvalue weighted by atomic mass is 9.96. The molecule has 6 heteroatoms. The van der Waals surface area contributed by atoms with Gasteiger partial charge in [0.25, 0.3) is 0 Å². The third kappa shape index (κ3) is 1.25. The minimum atomic E-state index is -2.21. The lowest BCUT2D eigenvalue weighted by Crippen LogP contribution is -2.17. The van der Waals surface area contributed by atoms with E-state index in [1.807, 2.05) is 0 Å². The fourth-order valence-electron chi connectivity index (χ4n) is 1.60. The maximum Gasteiger partial charge on any atom is 0.200 e. The molecule has 0 atom stereocenters. The average molecular weight is 236 g/mol. The first kappa shape index (κ1) is 11.0. The molecule has 0 saturated heterocycles. The van der Waals surface area contributed by atoms with Crippen LogP contribution in [0.1, 0.15) is 18.4 Å². The maximum atomic E-state index is 13.2. The predicted molar refractivity (Wildman–Crippen MR) is 43.2 cm³/mol. The van der Waals surface area contributed by atoms with E-state index in [1.165, 1.54) is 0 Å². The van der Waals surface area contributed by atoms with Gasteiger partial charge in [-0.1, -0.05) is 0 Å². The Hall–Kier alpha value is -1.46. The monoisotopic (exact) mass is 236 g/mol. The first-order chi connectivity index (χ1) is 7.44. The quantitative estimate of drug-likeness (QED) is 0.334. The Bertz CT molecular complexity index is 450. The van der Waals surface area contributed by atoms with Crippen molar-refractivity contribution in [3.63, 3.8) is 0 Å². The van der Waals surface area contributed by atoms with Crippen molar-refractivity contribution in [2.24, 2.45) is 0 Å². The van der Waals surface area contributed by atoms with Crippen molar-refractivity contribution < 1.29 is 26.7 Å². The van der Waals surface area contributed by atoms with Crippen LogP contribution >= 0.6 is 0 Å². The minimum absolute atomic E-state index is 0.0921. The van der Waals surface area contributed by atoms with E-state index < -0.39 is 40.1 Å². The third-order valence-electron chi connectivity index (χ3n) is 2.72. The maximum absolute atomic E-state index is 13.2. The van der Waals surface area contributed by atoms with Crippen LogP contribution in [0.25, 0.3) is 0 Å². The molecule has 0 N–H and O–H groups in total. The molecule has 0 aliphatic heterocycles. The highest BCUT2D eigenvalue weighted by Crippen LogP contribution is 2.49. The molecule has 0 amide bonds. The Balaban J connectivity index is 2.76. The number of benzene rings is 1. The molecule has 1 fully saturated rings. The highest BCUT2D eigenvalue weighted by Gasteiger charge is 2.50. The summed E-state index contributed by atoms with van der Waals surface area (Å²) in [4.78, 5) is 10.6. The second-order valence-corrected chi connectivity index (χ2v) is 3.72. The molecule has 0 radical (unpaired) electrons. The average Bonchev–Trinajstić information content (AvgIpc) is 3.05. The highest BCUT2D eigenvalue weighted by atomic mass is 19.2. The second-order valence-electron chi connectivity index (χ2n) is 3.72. The number of hydrogen-bond donors (Lipinski definition) is 0. The Morgan fingerprint density at radius 1 is 0.812 bits per heavy atom. The molecule has 16 heavy (non-hydrogen) atoms. The van der Waals surface area contributed by atoms with Gasteiger partial charge in [0.15, 0.2) is 23.3 Å². The smallest absolute Gasteiger partial charge is 0.200 e. The zero-order valence-corrected chi connectivity index (χ0v) is 7.79. The number of halogens is 5. The summed E-state index contributed by atoms with van der Waals surface area (Å²) in [5.74, 6) is -10.1. The van der Waals surface area contributed by atoms with Crippen molar-refractivity contribution in [2.45, 2.75) is 18.3 Å². The van der Waals surface area contributed by atoms with Crippen molar-refractivity contribution in [1.82, 2.24) is 0 Å². The SMILES string of the molecule is O=CC1(c2c(F)c(F)c(F)c(F)c2F)CC1. The van der Waals surface area contributed by atoms with E-state index in [0.717, 1.165) is 0 Å². The van der Waals surface area contributed by atoms with Gasteiger partial charge in [0, 0.05) is 5.56 Å². The molecule has 0 aromatic heterocycles. The first-order valence-electron chi connectivity index (χ1n) is 4.43. The Kier molecular flexibility index (Phi) is 2.25. The van der Waals surface area contributed by atoms with Crippen LogP contribution in [0.5, 0.6) is 0 Å². The van der Waals surface area contributed by atoms with Crippen LogP contribution in [0.15, 0.2) is 0 Å². The molecule has 1 aromatic rings. The van der Waals surface area contributed by atoms with E-state index in [1.54, 1.807) is 0 Å². The van der Waals surface area contributed by atoms with Gasteiger partial charge < -0.3 is 4.79 Å². The number of carbonyl (C=O) groups is 1. The van der Waals surface area contributed by atoms with E-state index in [4.69, 9.17) is 0 Å². The molecule has 0 heterocycles. The molecule has 1 aliphatic rings. The van der Waals surface area contributed by atoms with Gasteiger partial charge in [0.1, 0.15) is 6.29 Å². The third-order valence-corrected chi connectivity index (χ3v) is 2.72. The summed E-state index contributed by atoms with van der Waals surface area (Å²) in [5, 5.41) is 0. The van der Waals surface area contributed by atoms with Gasteiger partial charge in [-0.25, -0.2) is 22.0 Å². The van der Waals surface area contributed by atoms with E-state index in [2.05, 4.69) is 0 Å². The van der Waals surface area contributed by atoms with Crippen LogP contribution in [-0.2, 0) is 10.2 Å². The molecule has 0 unspecified atom stereocenters. The predicted octanol–water partition coefficient (Wildman–Crippen LogP) is 2.61.